The van der Waals surface area contributed by atoms with Crippen molar-refractivity contribution in [3.05, 3.63) is 79.3 Å². The highest BCUT2D eigenvalue weighted by Gasteiger charge is 2.10. The number of para-hydroxylation sites is 1. The first-order chi connectivity index (χ1) is 11.4. The number of rotatable bonds is 1. The first kappa shape index (κ1) is 12.4. The molecule has 23 heavy (non-hydrogen) atoms. The summed E-state index contributed by atoms with van der Waals surface area (Å²) in [5, 5.41) is 3.49. The van der Waals surface area contributed by atoms with Gasteiger partial charge in [-0.05, 0) is 17.5 Å². The quantitative estimate of drug-likeness (QED) is 0.448. The maximum absolute atomic E-state index is 4.88. The Bertz CT molecular complexity index is 1170. The van der Waals surface area contributed by atoms with Crippen LogP contribution in [0.15, 0.2) is 79.3 Å². The zero-order chi connectivity index (χ0) is 15.2. The van der Waals surface area contributed by atoms with Gasteiger partial charge in [0.2, 0.25) is 0 Å². The third-order valence-electron chi connectivity index (χ3n) is 4.26. The average Bonchev–Trinajstić information content (AvgIpc) is 3.06. The Kier molecular flexibility index (Phi) is 2.50. The number of fused-ring (bicyclic) bond motifs is 4. The van der Waals surface area contributed by atoms with Crippen LogP contribution in [0.25, 0.3) is 38.6 Å². The zero-order valence-electron chi connectivity index (χ0n) is 12.3. The predicted octanol–water partition coefficient (Wildman–Crippen LogP) is 4.70. The molecule has 2 aromatic carbocycles. The van der Waals surface area contributed by atoms with Crippen LogP contribution in [0.5, 0.6) is 0 Å². The largest absolute Gasteiger partial charge is 0.306 e. The van der Waals surface area contributed by atoms with Gasteiger partial charge in [-0.1, -0.05) is 48.5 Å². The molecule has 0 amide bonds. The summed E-state index contributed by atoms with van der Waals surface area (Å²) in [7, 11) is 0. The van der Waals surface area contributed by atoms with Gasteiger partial charge in [0.25, 0.3) is 0 Å². The van der Waals surface area contributed by atoms with Crippen LogP contribution in [0.1, 0.15) is 0 Å². The topological polar surface area (TPSA) is 30.2 Å². The van der Waals surface area contributed by atoms with Crippen LogP contribution in [0, 0.1) is 0 Å². The lowest BCUT2D eigenvalue weighted by molar-refractivity contribution is 1.20. The highest BCUT2D eigenvalue weighted by atomic mass is 15.0. The second-order valence-electron chi connectivity index (χ2n) is 5.64. The summed E-state index contributed by atoms with van der Waals surface area (Å²) in [4.78, 5) is 9.42. The average molecular weight is 295 g/mol. The lowest BCUT2D eigenvalue weighted by atomic mass is 10.1. The molecule has 5 rings (SSSR count). The van der Waals surface area contributed by atoms with Gasteiger partial charge in [0.05, 0.1) is 11.2 Å². The second kappa shape index (κ2) is 4.65. The van der Waals surface area contributed by atoms with Gasteiger partial charge in [-0.3, -0.25) is 4.98 Å². The normalized spacial score (nSPS) is 11.5. The van der Waals surface area contributed by atoms with E-state index in [-0.39, 0.29) is 0 Å². The van der Waals surface area contributed by atoms with E-state index in [0.717, 1.165) is 33.2 Å². The molecule has 0 N–H and O–H groups in total. The van der Waals surface area contributed by atoms with Crippen LogP contribution in [-0.2, 0) is 0 Å². The molecular formula is C20H13N3. The Labute approximate surface area is 132 Å². The van der Waals surface area contributed by atoms with E-state index in [1.54, 1.807) is 0 Å². The monoisotopic (exact) mass is 295 g/mol. The fourth-order valence-corrected chi connectivity index (χ4v) is 3.15. The molecule has 0 atom stereocenters. The van der Waals surface area contributed by atoms with E-state index >= 15 is 0 Å². The minimum atomic E-state index is 0.950. The summed E-state index contributed by atoms with van der Waals surface area (Å²) >= 11 is 0. The van der Waals surface area contributed by atoms with Crippen molar-refractivity contribution in [2.24, 2.45) is 0 Å². The fourth-order valence-electron chi connectivity index (χ4n) is 3.15. The van der Waals surface area contributed by atoms with Crippen LogP contribution >= 0.6 is 0 Å². The number of pyridine rings is 2. The lowest BCUT2D eigenvalue weighted by Crippen LogP contribution is -1.84. The SMILES string of the molecule is c1cnc2c(-c3cn4ccc5ccccc5c4n3)cccc2c1. The molecule has 0 aliphatic carbocycles. The molecule has 5 aromatic rings. The van der Waals surface area contributed by atoms with Crippen molar-refractivity contribution in [1.82, 2.24) is 14.4 Å². The van der Waals surface area contributed by atoms with Crippen molar-refractivity contribution >= 4 is 27.3 Å². The summed E-state index contributed by atoms with van der Waals surface area (Å²) in [6.07, 6.45) is 5.97. The van der Waals surface area contributed by atoms with Crippen molar-refractivity contribution in [2.75, 3.05) is 0 Å². The van der Waals surface area contributed by atoms with Gasteiger partial charge < -0.3 is 4.40 Å². The molecule has 0 radical (unpaired) electrons. The second-order valence-corrected chi connectivity index (χ2v) is 5.64. The number of aromatic nitrogens is 3. The van der Waals surface area contributed by atoms with Gasteiger partial charge in [0, 0.05) is 34.9 Å². The fraction of sp³-hybridized carbons (Fsp3) is 0. The maximum atomic E-state index is 4.88. The van der Waals surface area contributed by atoms with E-state index < -0.39 is 0 Å². The van der Waals surface area contributed by atoms with Crippen molar-refractivity contribution in [2.45, 2.75) is 0 Å². The molecular weight excluding hydrogens is 282 g/mol. The van der Waals surface area contributed by atoms with Crippen LogP contribution in [0.4, 0.5) is 0 Å². The Morgan fingerprint density at radius 3 is 2.65 bits per heavy atom. The highest BCUT2D eigenvalue weighted by molar-refractivity contribution is 5.97. The van der Waals surface area contributed by atoms with E-state index in [0.29, 0.717) is 0 Å². The number of nitrogens with zero attached hydrogens (tertiary/aromatic N) is 3. The molecule has 3 nitrogen and oxygen atoms in total. The third-order valence-corrected chi connectivity index (χ3v) is 4.26. The summed E-state index contributed by atoms with van der Waals surface area (Å²) < 4.78 is 2.08. The van der Waals surface area contributed by atoms with E-state index in [1.807, 2.05) is 12.3 Å². The van der Waals surface area contributed by atoms with Crippen molar-refractivity contribution in [3.8, 4) is 11.3 Å². The molecule has 0 saturated heterocycles. The zero-order valence-corrected chi connectivity index (χ0v) is 12.3. The number of imidazole rings is 1. The van der Waals surface area contributed by atoms with Gasteiger partial charge in [-0.2, -0.15) is 0 Å². The molecule has 0 fully saturated rings. The molecule has 0 aliphatic heterocycles. The van der Waals surface area contributed by atoms with Crippen LogP contribution < -0.4 is 0 Å². The Morgan fingerprint density at radius 1 is 0.783 bits per heavy atom. The standard InChI is InChI=1S/C20H13N3/c1-2-8-16-14(5-1)10-12-23-13-18(22-20(16)23)17-9-3-6-15-7-4-11-21-19(15)17/h1-13H. The van der Waals surface area contributed by atoms with Gasteiger partial charge in [-0.15, -0.1) is 0 Å². The van der Waals surface area contributed by atoms with Gasteiger partial charge in [0.1, 0.15) is 5.65 Å². The minimum absolute atomic E-state index is 0.950. The molecule has 0 bridgehead atoms. The van der Waals surface area contributed by atoms with E-state index in [9.17, 15) is 0 Å². The summed E-state index contributed by atoms with van der Waals surface area (Å²) in [5.41, 5.74) is 3.98. The third kappa shape index (κ3) is 1.83. The molecule has 3 heterocycles. The molecule has 3 heteroatoms. The summed E-state index contributed by atoms with van der Waals surface area (Å²) in [6.45, 7) is 0. The predicted molar refractivity (Wildman–Crippen MR) is 93.4 cm³/mol. The van der Waals surface area contributed by atoms with E-state index in [4.69, 9.17) is 4.98 Å². The van der Waals surface area contributed by atoms with Gasteiger partial charge in [0.15, 0.2) is 0 Å². The maximum Gasteiger partial charge on any atom is 0.145 e. The van der Waals surface area contributed by atoms with E-state index in [2.05, 4.69) is 76.4 Å². The molecule has 0 aliphatic rings. The van der Waals surface area contributed by atoms with Crippen LogP contribution in [-0.4, -0.2) is 14.4 Å². The molecule has 108 valence electrons. The molecule has 3 aromatic heterocycles. The highest BCUT2D eigenvalue weighted by Crippen LogP contribution is 2.28. The van der Waals surface area contributed by atoms with Crippen molar-refractivity contribution in [1.29, 1.82) is 0 Å². The van der Waals surface area contributed by atoms with Crippen molar-refractivity contribution in [3.63, 3.8) is 0 Å². The molecule has 0 saturated carbocycles. The molecule has 0 spiro atoms. The number of benzene rings is 2. The number of hydrogen-bond acceptors (Lipinski definition) is 2. The number of hydrogen-bond donors (Lipinski definition) is 0. The Hall–Kier alpha value is -3.20. The summed E-state index contributed by atoms with van der Waals surface area (Å²) in [6, 6.07) is 20.7. The Balaban J connectivity index is 1.84. The first-order valence-electron chi connectivity index (χ1n) is 7.61. The van der Waals surface area contributed by atoms with Crippen molar-refractivity contribution < 1.29 is 0 Å². The van der Waals surface area contributed by atoms with Gasteiger partial charge in [-0.25, -0.2) is 4.98 Å². The van der Waals surface area contributed by atoms with E-state index in [1.165, 1.54) is 5.39 Å². The lowest BCUT2D eigenvalue weighted by Gasteiger charge is -2.01. The smallest absolute Gasteiger partial charge is 0.145 e. The molecule has 0 unspecified atom stereocenters. The summed E-state index contributed by atoms with van der Waals surface area (Å²) in [5.74, 6) is 0. The van der Waals surface area contributed by atoms with Crippen LogP contribution in [0.2, 0.25) is 0 Å². The minimum Gasteiger partial charge on any atom is -0.306 e. The first-order valence-corrected chi connectivity index (χ1v) is 7.61. The van der Waals surface area contributed by atoms with Crippen LogP contribution in [0.3, 0.4) is 0 Å². The van der Waals surface area contributed by atoms with Gasteiger partial charge >= 0.3 is 0 Å². The Morgan fingerprint density at radius 2 is 1.65 bits per heavy atom.